The fourth-order valence-corrected chi connectivity index (χ4v) is 3.88. The van der Waals surface area contributed by atoms with E-state index in [9.17, 15) is 9.59 Å². The van der Waals surface area contributed by atoms with Gasteiger partial charge in [0.2, 0.25) is 0 Å². The maximum atomic E-state index is 12.4. The van der Waals surface area contributed by atoms with Gasteiger partial charge in [0.1, 0.15) is 12.0 Å². The molecule has 3 rings (SSSR count). The molecule has 4 atom stereocenters. The lowest BCUT2D eigenvalue weighted by Crippen LogP contribution is -2.53. The molecule has 2 bridgehead atoms. The van der Waals surface area contributed by atoms with Crippen molar-refractivity contribution >= 4 is 11.9 Å². The molecule has 5 heteroatoms. The van der Waals surface area contributed by atoms with Gasteiger partial charge in [0.05, 0.1) is 12.7 Å². The number of methoxy groups -OCH3 is 1. The summed E-state index contributed by atoms with van der Waals surface area (Å²) in [7, 11) is 3.43. The number of rotatable bonds is 3. The van der Waals surface area contributed by atoms with Crippen LogP contribution in [0.2, 0.25) is 0 Å². The first-order chi connectivity index (χ1) is 11.0. The Labute approximate surface area is 136 Å². The van der Waals surface area contributed by atoms with Gasteiger partial charge in [-0.1, -0.05) is 17.7 Å². The third-order valence-corrected chi connectivity index (χ3v) is 5.23. The number of aryl methyl sites for hydroxylation is 1. The van der Waals surface area contributed by atoms with Crippen molar-refractivity contribution in [3.8, 4) is 0 Å². The van der Waals surface area contributed by atoms with Crippen LogP contribution in [0.1, 0.15) is 35.2 Å². The Morgan fingerprint density at radius 2 is 1.87 bits per heavy atom. The van der Waals surface area contributed by atoms with Crippen LogP contribution in [0.3, 0.4) is 0 Å². The summed E-state index contributed by atoms with van der Waals surface area (Å²) in [6, 6.07) is 7.75. The molecule has 0 unspecified atom stereocenters. The van der Waals surface area contributed by atoms with E-state index in [1.165, 1.54) is 7.11 Å². The average molecular weight is 317 g/mol. The number of ether oxygens (including phenoxy) is 2. The fourth-order valence-electron chi connectivity index (χ4n) is 3.88. The van der Waals surface area contributed by atoms with E-state index in [-0.39, 0.29) is 18.0 Å². The lowest BCUT2D eigenvalue weighted by molar-refractivity contribution is -0.156. The molecule has 23 heavy (non-hydrogen) atoms. The van der Waals surface area contributed by atoms with Crippen LogP contribution in [0.5, 0.6) is 0 Å². The van der Waals surface area contributed by atoms with Crippen LogP contribution >= 0.6 is 0 Å². The number of benzene rings is 1. The highest BCUT2D eigenvalue weighted by atomic mass is 16.6. The quantitative estimate of drug-likeness (QED) is 0.800. The molecule has 2 aliphatic rings. The monoisotopic (exact) mass is 317 g/mol. The van der Waals surface area contributed by atoms with E-state index in [0.717, 1.165) is 18.4 Å². The molecule has 124 valence electrons. The topological polar surface area (TPSA) is 55.8 Å². The second-order valence-electron chi connectivity index (χ2n) is 6.56. The van der Waals surface area contributed by atoms with Crippen LogP contribution in [0.4, 0.5) is 0 Å². The van der Waals surface area contributed by atoms with Crippen LogP contribution in [0, 0.1) is 12.8 Å². The number of esters is 2. The summed E-state index contributed by atoms with van der Waals surface area (Å²) in [6.07, 6.45) is 2.25. The smallest absolute Gasteiger partial charge is 0.338 e. The number of carbonyl (C=O) groups is 2. The molecular formula is C18H23NO4. The second-order valence-corrected chi connectivity index (χ2v) is 6.56. The number of nitrogens with zero attached hydrogens (tertiary/aromatic N) is 1. The summed E-state index contributed by atoms with van der Waals surface area (Å²) >= 11 is 0. The van der Waals surface area contributed by atoms with Crippen molar-refractivity contribution in [2.75, 3.05) is 14.2 Å². The summed E-state index contributed by atoms with van der Waals surface area (Å²) in [5.41, 5.74) is 1.61. The predicted octanol–water partition coefficient (Wildman–Crippen LogP) is 2.18. The van der Waals surface area contributed by atoms with Gasteiger partial charge in [-0.3, -0.25) is 9.69 Å². The molecule has 0 amide bonds. The molecule has 0 aliphatic carbocycles. The minimum Gasteiger partial charge on any atom is -0.469 e. The first-order valence-corrected chi connectivity index (χ1v) is 8.08. The molecule has 2 fully saturated rings. The summed E-state index contributed by atoms with van der Waals surface area (Å²) in [5.74, 6) is -1.06. The van der Waals surface area contributed by atoms with Gasteiger partial charge < -0.3 is 9.47 Å². The first-order valence-electron chi connectivity index (χ1n) is 8.08. The van der Waals surface area contributed by atoms with Crippen molar-refractivity contribution in [3.05, 3.63) is 35.4 Å². The van der Waals surface area contributed by atoms with Crippen LogP contribution < -0.4 is 0 Å². The molecule has 2 aliphatic heterocycles. The maximum Gasteiger partial charge on any atom is 0.338 e. The van der Waals surface area contributed by atoms with E-state index in [1.807, 2.05) is 26.1 Å². The number of hydrogen-bond acceptors (Lipinski definition) is 5. The highest BCUT2D eigenvalue weighted by molar-refractivity contribution is 5.89. The van der Waals surface area contributed by atoms with Crippen molar-refractivity contribution in [2.24, 2.45) is 5.92 Å². The van der Waals surface area contributed by atoms with Crippen molar-refractivity contribution in [3.63, 3.8) is 0 Å². The van der Waals surface area contributed by atoms with E-state index in [2.05, 4.69) is 4.90 Å². The van der Waals surface area contributed by atoms with Gasteiger partial charge in [-0.25, -0.2) is 4.79 Å². The lowest BCUT2D eigenvalue weighted by atomic mass is 9.87. The van der Waals surface area contributed by atoms with E-state index in [1.54, 1.807) is 12.1 Å². The third kappa shape index (κ3) is 2.98. The minimum absolute atomic E-state index is 0.0945. The van der Waals surface area contributed by atoms with Gasteiger partial charge in [0.15, 0.2) is 0 Å². The molecule has 0 N–H and O–H groups in total. The molecular weight excluding hydrogens is 294 g/mol. The van der Waals surface area contributed by atoms with Gasteiger partial charge in [0, 0.05) is 18.5 Å². The molecule has 1 aromatic rings. The summed E-state index contributed by atoms with van der Waals surface area (Å²) in [5, 5.41) is 0. The average Bonchev–Trinajstić information content (AvgIpc) is 2.78. The molecule has 0 saturated carbocycles. The number of fused-ring (bicyclic) bond motifs is 2. The minimum atomic E-state index is -0.412. The summed E-state index contributed by atoms with van der Waals surface area (Å²) in [4.78, 5) is 26.9. The molecule has 0 spiro atoms. The molecule has 0 aromatic heterocycles. The van der Waals surface area contributed by atoms with E-state index in [0.29, 0.717) is 18.0 Å². The van der Waals surface area contributed by atoms with Crippen molar-refractivity contribution < 1.29 is 19.1 Å². The molecule has 2 heterocycles. The van der Waals surface area contributed by atoms with E-state index in [4.69, 9.17) is 9.47 Å². The van der Waals surface area contributed by atoms with Crippen LogP contribution in [-0.2, 0) is 14.3 Å². The number of carbonyl (C=O) groups excluding carboxylic acids is 2. The third-order valence-electron chi connectivity index (χ3n) is 5.23. The van der Waals surface area contributed by atoms with Gasteiger partial charge in [0.25, 0.3) is 0 Å². The van der Waals surface area contributed by atoms with Crippen molar-refractivity contribution in [1.29, 1.82) is 0 Å². The molecule has 0 radical (unpaired) electrons. The standard InChI is InChI=1S/C18H23NO4/c1-11-4-6-12(7-5-11)17(20)23-15-10-13-8-9-14(19(13)2)16(15)18(21)22-3/h4-7,13-16H,8-10H2,1-3H3/t13-,14+,15-,16+/m0/s1. The van der Waals surface area contributed by atoms with Gasteiger partial charge in [-0.15, -0.1) is 0 Å². The van der Waals surface area contributed by atoms with Gasteiger partial charge in [-0.05, 0) is 38.9 Å². The zero-order valence-corrected chi connectivity index (χ0v) is 13.8. The Bertz CT molecular complexity index is 598. The molecule has 2 saturated heterocycles. The Morgan fingerprint density at radius 1 is 1.17 bits per heavy atom. The predicted molar refractivity (Wildman–Crippen MR) is 85.1 cm³/mol. The number of piperidine rings is 1. The summed E-state index contributed by atoms with van der Waals surface area (Å²) < 4.78 is 10.7. The highest BCUT2D eigenvalue weighted by Gasteiger charge is 2.50. The molecule has 5 nitrogen and oxygen atoms in total. The van der Waals surface area contributed by atoms with Crippen molar-refractivity contribution in [1.82, 2.24) is 4.90 Å². The Morgan fingerprint density at radius 3 is 2.52 bits per heavy atom. The van der Waals surface area contributed by atoms with Crippen LogP contribution in [0.25, 0.3) is 0 Å². The number of hydrogen-bond donors (Lipinski definition) is 0. The zero-order valence-electron chi connectivity index (χ0n) is 13.8. The van der Waals surface area contributed by atoms with Crippen LogP contribution in [-0.4, -0.2) is 49.2 Å². The lowest BCUT2D eigenvalue weighted by Gasteiger charge is -2.40. The van der Waals surface area contributed by atoms with Crippen LogP contribution in [0.15, 0.2) is 24.3 Å². The molecule has 1 aromatic carbocycles. The zero-order chi connectivity index (χ0) is 16.6. The SMILES string of the molecule is COC(=O)[C@H]1[C@@H](OC(=O)c2ccc(C)cc2)C[C@@H]2CC[C@H]1N2C. The Kier molecular flexibility index (Phi) is 4.39. The van der Waals surface area contributed by atoms with Gasteiger partial charge in [-0.2, -0.15) is 0 Å². The van der Waals surface area contributed by atoms with E-state index < -0.39 is 12.0 Å². The van der Waals surface area contributed by atoms with Gasteiger partial charge >= 0.3 is 11.9 Å². The van der Waals surface area contributed by atoms with Crippen molar-refractivity contribution in [2.45, 2.75) is 44.4 Å². The summed E-state index contributed by atoms with van der Waals surface area (Å²) in [6.45, 7) is 1.97. The Balaban J connectivity index is 1.78. The second kappa shape index (κ2) is 6.32. The Hall–Kier alpha value is -1.88. The largest absolute Gasteiger partial charge is 0.469 e. The van der Waals surface area contributed by atoms with E-state index >= 15 is 0 Å². The maximum absolute atomic E-state index is 12.4. The normalized spacial score (nSPS) is 30.0. The fraction of sp³-hybridized carbons (Fsp3) is 0.556. The first kappa shape index (κ1) is 16.0. The highest BCUT2D eigenvalue weighted by Crippen LogP contribution is 2.40.